The van der Waals surface area contributed by atoms with E-state index in [4.69, 9.17) is 4.74 Å². The third-order valence-corrected chi connectivity index (χ3v) is 7.31. The Bertz CT molecular complexity index is 530. The molecule has 0 aliphatic carbocycles. The van der Waals surface area contributed by atoms with Gasteiger partial charge < -0.3 is 15.4 Å². The fourth-order valence-electron chi connectivity index (χ4n) is 3.15. The highest BCUT2D eigenvalue weighted by atomic mass is 127. The van der Waals surface area contributed by atoms with Gasteiger partial charge in [0.05, 0.1) is 4.75 Å². The van der Waals surface area contributed by atoms with Gasteiger partial charge in [0.25, 0.3) is 0 Å². The first-order chi connectivity index (χ1) is 11.7. The number of hydrogen-bond acceptors (Lipinski definition) is 4. The largest absolute Gasteiger partial charge is 0.381 e. The molecule has 6 nitrogen and oxygen atoms in total. The highest BCUT2D eigenvalue weighted by Gasteiger charge is 2.42. The summed E-state index contributed by atoms with van der Waals surface area (Å²) in [6, 6.07) is 0. The molecule has 0 aromatic heterocycles. The van der Waals surface area contributed by atoms with E-state index in [2.05, 4.69) is 36.4 Å². The average Bonchev–Trinajstić information content (AvgIpc) is 2.55. The predicted octanol–water partition coefficient (Wildman–Crippen LogP) is 2.97. The van der Waals surface area contributed by atoms with Gasteiger partial charge in [0.2, 0.25) is 0 Å². The Kier molecular flexibility index (Phi) is 11.6. The SMILES string of the molecule is CCCCCC(C)(C)CNC(=NC)NCC1(S(C)(=O)=O)CCOCC1.I. The Balaban J connectivity index is 0.00000625. The molecule has 0 saturated carbocycles. The number of nitrogens with zero attached hydrogens (tertiary/aromatic N) is 1. The van der Waals surface area contributed by atoms with Crippen molar-refractivity contribution in [2.24, 2.45) is 10.4 Å². The lowest BCUT2D eigenvalue weighted by Crippen LogP contribution is -2.54. The molecule has 0 spiro atoms. The molecule has 0 aromatic rings. The van der Waals surface area contributed by atoms with Gasteiger partial charge in [-0.2, -0.15) is 0 Å². The molecule has 0 unspecified atom stereocenters. The van der Waals surface area contributed by atoms with Crippen LogP contribution >= 0.6 is 24.0 Å². The minimum atomic E-state index is -3.17. The molecule has 1 aliphatic heterocycles. The maximum Gasteiger partial charge on any atom is 0.191 e. The summed E-state index contributed by atoms with van der Waals surface area (Å²) < 4.78 is 29.2. The summed E-state index contributed by atoms with van der Waals surface area (Å²) in [6.07, 6.45) is 7.26. The molecule has 1 rings (SSSR count). The van der Waals surface area contributed by atoms with Crippen molar-refractivity contribution in [2.75, 3.05) is 39.6 Å². The number of halogens is 1. The van der Waals surface area contributed by atoms with Gasteiger partial charge in [-0.15, -0.1) is 24.0 Å². The van der Waals surface area contributed by atoms with Crippen LogP contribution in [0.3, 0.4) is 0 Å². The maximum absolute atomic E-state index is 12.3. The van der Waals surface area contributed by atoms with Gasteiger partial charge in [-0.1, -0.05) is 40.0 Å². The zero-order valence-corrected chi connectivity index (χ0v) is 20.2. The molecule has 0 amide bonds. The number of guanidine groups is 1. The maximum atomic E-state index is 12.3. The van der Waals surface area contributed by atoms with Crippen LogP contribution in [0.2, 0.25) is 0 Å². The van der Waals surface area contributed by atoms with Crippen molar-refractivity contribution < 1.29 is 13.2 Å². The van der Waals surface area contributed by atoms with Crippen molar-refractivity contribution in [1.82, 2.24) is 10.6 Å². The van der Waals surface area contributed by atoms with Crippen molar-refractivity contribution in [3.63, 3.8) is 0 Å². The predicted molar refractivity (Wildman–Crippen MR) is 120 cm³/mol. The number of nitrogens with one attached hydrogen (secondary N) is 2. The van der Waals surface area contributed by atoms with E-state index < -0.39 is 14.6 Å². The minimum Gasteiger partial charge on any atom is -0.381 e. The number of sulfone groups is 1. The number of ether oxygens (including phenoxy) is 1. The molecule has 0 bridgehead atoms. The van der Waals surface area contributed by atoms with Gasteiger partial charge in [-0.3, -0.25) is 4.99 Å². The fraction of sp³-hybridized carbons (Fsp3) is 0.944. The molecule has 2 N–H and O–H groups in total. The molecule has 8 heteroatoms. The molecule has 1 fully saturated rings. The van der Waals surface area contributed by atoms with Gasteiger partial charge in [0.1, 0.15) is 0 Å². The summed E-state index contributed by atoms with van der Waals surface area (Å²) in [7, 11) is -1.46. The van der Waals surface area contributed by atoms with Crippen molar-refractivity contribution in [3.8, 4) is 0 Å². The van der Waals surface area contributed by atoms with Crippen LogP contribution in [0, 0.1) is 5.41 Å². The highest BCUT2D eigenvalue weighted by Crippen LogP contribution is 2.28. The summed E-state index contributed by atoms with van der Waals surface area (Å²) in [5.74, 6) is 0.665. The summed E-state index contributed by atoms with van der Waals surface area (Å²) in [6.45, 7) is 8.87. The summed E-state index contributed by atoms with van der Waals surface area (Å²) in [5.41, 5.74) is 0.181. The van der Waals surface area contributed by atoms with Gasteiger partial charge in [-0.05, 0) is 24.7 Å². The van der Waals surface area contributed by atoms with Crippen LogP contribution in [0.5, 0.6) is 0 Å². The van der Waals surface area contributed by atoms with Crippen LogP contribution in [0.4, 0.5) is 0 Å². The quantitative estimate of drug-likeness (QED) is 0.219. The molecule has 1 heterocycles. The third-order valence-electron chi connectivity index (χ3n) is 5.18. The van der Waals surface area contributed by atoms with E-state index in [0.29, 0.717) is 38.6 Å². The Morgan fingerprint density at radius 3 is 2.31 bits per heavy atom. The van der Waals surface area contributed by atoms with Crippen LogP contribution in [0.1, 0.15) is 59.3 Å². The van der Waals surface area contributed by atoms with Crippen LogP contribution in [-0.2, 0) is 14.6 Å². The van der Waals surface area contributed by atoms with Crippen LogP contribution in [0.15, 0.2) is 4.99 Å². The molecule has 1 saturated heterocycles. The lowest BCUT2D eigenvalue weighted by molar-refractivity contribution is 0.0756. The fourth-order valence-corrected chi connectivity index (χ4v) is 4.40. The topological polar surface area (TPSA) is 79.8 Å². The molecule has 0 aromatic carbocycles. The average molecular weight is 503 g/mol. The lowest BCUT2D eigenvalue weighted by Gasteiger charge is -2.36. The van der Waals surface area contributed by atoms with E-state index in [1.807, 2.05) is 0 Å². The van der Waals surface area contributed by atoms with Gasteiger partial charge in [0, 0.05) is 39.6 Å². The Labute approximate surface area is 177 Å². The second kappa shape index (κ2) is 11.7. The third kappa shape index (κ3) is 8.29. The molecule has 0 atom stereocenters. The van der Waals surface area contributed by atoms with E-state index in [0.717, 1.165) is 13.0 Å². The summed E-state index contributed by atoms with van der Waals surface area (Å²) >= 11 is 0. The van der Waals surface area contributed by atoms with E-state index in [1.54, 1.807) is 7.05 Å². The highest BCUT2D eigenvalue weighted by molar-refractivity contribution is 14.0. The zero-order valence-electron chi connectivity index (χ0n) is 17.1. The van der Waals surface area contributed by atoms with Gasteiger partial charge >= 0.3 is 0 Å². The first kappa shape index (κ1) is 25.9. The van der Waals surface area contributed by atoms with Crippen molar-refractivity contribution in [2.45, 2.75) is 64.0 Å². The number of unbranched alkanes of at least 4 members (excludes halogenated alkanes) is 2. The minimum absolute atomic E-state index is 0. The Morgan fingerprint density at radius 2 is 1.81 bits per heavy atom. The number of rotatable bonds is 9. The summed E-state index contributed by atoms with van der Waals surface area (Å²) in [5, 5.41) is 6.59. The van der Waals surface area contributed by atoms with E-state index in [1.165, 1.54) is 25.5 Å². The van der Waals surface area contributed by atoms with Crippen LogP contribution < -0.4 is 10.6 Å². The van der Waals surface area contributed by atoms with Crippen LogP contribution in [0.25, 0.3) is 0 Å². The first-order valence-corrected chi connectivity index (χ1v) is 11.3. The lowest BCUT2D eigenvalue weighted by atomic mass is 9.87. The van der Waals surface area contributed by atoms with Gasteiger partial charge in [-0.25, -0.2) is 8.42 Å². The molecular weight excluding hydrogens is 465 g/mol. The Morgan fingerprint density at radius 1 is 1.19 bits per heavy atom. The molecule has 1 aliphatic rings. The van der Waals surface area contributed by atoms with Crippen LogP contribution in [-0.4, -0.2) is 58.7 Å². The van der Waals surface area contributed by atoms with E-state index in [-0.39, 0.29) is 29.4 Å². The second-order valence-electron chi connectivity index (χ2n) is 7.97. The second-order valence-corrected chi connectivity index (χ2v) is 10.4. The molecular formula is C18H38IN3O3S. The molecule has 0 radical (unpaired) electrons. The summed E-state index contributed by atoms with van der Waals surface area (Å²) in [4.78, 5) is 4.25. The monoisotopic (exact) mass is 503 g/mol. The smallest absolute Gasteiger partial charge is 0.191 e. The van der Waals surface area contributed by atoms with Crippen molar-refractivity contribution in [1.29, 1.82) is 0 Å². The van der Waals surface area contributed by atoms with Crippen molar-refractivity contribution in [3.05, 3.63) is 0 Å². The van der Waals surface area contributed by atoms with Gasteiger partial charge in [0.15, 0.2) is 15.8 Å². The van der Waals surface area contributed by atoms with E-state index in [9.17, 15) is 8.42 Å². The normalized spacial score (nSPS) is 18.1. The zero-order chi connectivity index (χ0) is 19.0. The van der Waals surface area contributed by atoms with E-state index >= 15 is 0 Å². The standard InChI is InChI=1S/C18H37N3O3S.HI/c1-6-7-8-9-17(2,3)14-20-16(19-4)21-15-18(25(5,22)23)10-12-24-13-11-18;/h6-15H2,1-5H3,(H2,19,20,21);1H. The molecule has 156 valence electrons. The Hall–Kier alpha value is -0.0900. The van der Waals surface area contributed by atoms with Crippen molar-refractivity contribution >= 4 is 39.8 Å². The number of hydrogen-bond donors (Lipinski definition) is 2. The number of aliphatic imine (C=N–C) groups is 1. The molecule has 26 heavy (non-hydrogen) atoms. The first-order valence-electron chi connectivity index (χ1n) is 9.38.